The number of nitrogens with zero attached hydrogens (tertiary/aromatic N) is 3. The average molecular weight is 400 g/mol. The molecule has 2 atom stereocenters. The predicted octanol–water partition coefficient (Wildman–Crippen LogP) is 4.78. The van der Waals surface area contributed by atoms with Gasteiger partial charge in [0.1, 0.15) is 12.2 Å². The first-order chi connectivity index (χ1) is 13.1. The van der Waals surface area contributed by atoms with Gasteiger partial charge < -0.3 is 4.90 Å². The molecule has 6 heteroatoms. The molecular formula is C22H26ClN3O2. The standard InChI is InChI=1S/C22H26ClN3O2/c1-22(2,3)20-25(5)19(27)18(15-9-7-6-8-10-15)26(20)21(28)24(4)17-13-11-16(23)12-14-17/h6-14,18,20H,1-5H3. The highest BCUT2D eigenvalue weighted by atomic mass is 35.5. The van der Waals surface area contributed by atoms with Gasteiger partial charge >= 0.3 is 6.03 Å². The van der Waals surface area contributed by atoms with E-state index in [1.54, 1.807) is 53.1 Å². The summed E-state index contributed by atoms with van der Waals surface area (Å²) in [6.07, 6.45) is -0.368. The zero-order valence-electron chi connectivity index (χ0n) is 16.9. The van der Waals surface area contributed by atoms with Crippen molar-refractivity contribution in [3.8, 4) is 0 Å². The highest BCUT2D eigenvalue weighted by Crippen LogP contribution is 2.41. The molecule has 0 bridgehead atoms. The second-order valence-electron chi connectivity index (χ2n) is 8.23. The van der Waals surface area contributed by atoms with Crippen LogP contribution in [-0.2, 0) is 4.79 Å². The van der Waals surface area contributed by atoms with Crippen LogP contribution in [0.3, 0.4) is 0 Å². The number of hydrogen-bond acceptors (Lipinski definition) is 2. The van der Waals surface area contributed by atoms with Crippen LogP contribution in [0.1, 0.15) is 32.4 Å². The van der Waals surface area contributed by atoms with Crippen LogP contribution >= 0.6 is 11.6 Å². The number of halogens is 1. The lowest BCUT2D eigenvalue weighted by Gasteiger charge is -2.40. The van der Waals surface area contributed by atoms with Crippen molar-refractivity contribution in [2.24, 2.45) is 5.41 Å². The summed E-state index contributed by atoms with van der Waals surface area (Å²) in [6, 6.07) is 15.7. The highest BCUT2D eigenvalue weighted by Gasteiger charge is 2.52. The molecule has 1 heterocycles. The Labute approximate surface area is 171 Å². The summed E-state index contributed by atoms with van der Waals surface area (Å²) >= 11 is 5.98. The van der Waals surface area contributed by atoms with Gasteiger partial charge in [-0.25, -0.2) is 4.79 Å². The van der Waals surface area contributed by atoms with Gasteiger partial charge in [-0.2, -0.15) is 0 Å². The van der Waals surface area contributed by atoms with Crippen molar-refractivity contribution in [1.29, 1.82) is 0 Å². The molecular weight excluding hydrogens is 374 g/mol. The fourth-order valence-electron chi connectivity index (χ4n) is 3.86. The number of rotatable bonds is 2. The van der Waals surface area contributed by atoms with E-state index in [1.807, 2.05) is 51.1 Å². The summed E-state index contributed by atoms with van der Waals surface area (Å²) in [5.41, 5.74) is 1.21. The van der Waals surface area contributed by atoms with Gasteiger partial charge in [0.05, 0.1) is 0 Å². The largest absolute Gasteiger partial charge is 0.326 e. The minimum atomic E-state index is -0.655. The molecule has 3 rings (SSSR count). The minimum Gasteiger partial charge on any atom is -0.322 e. The Morgan fingerprint density at radius 1 is 1.04 bits per heavy atom. The lowest BCUT2D eigenvalue weighted by atomic mass is 9.91. The number of anilines is 1. The quantitative estimate of drug-likeness (QED) is 0.729. The highest BCUT2D eigenvalue weighted by molar-refractivity contribution is 6.30. The van der Waals surface area contributed by atoms with Crippen LogP contribution in [0, 0.1) is 5.41 Å². The van der Waals surface area contributed by atoms with Gasteiger partial charge in [-0.3, -0.25) is 14.6 Å². The summed E-state index contributed by atoms with van der Waals surface area (Å²) < 4.78 is 0. The van der Waals surface area contributed by atoms with Crippen LogP contribution in [0.4, 0.5) is 10.5 Å². The van der Waals surface area contributed by atoms with Crippen molar-refractivity contribution in [2.75, 3.05) is 19.0 Å². The first-order valence-electron chi connectivity index (χ1n) is 9.26. The molecule has 5 nitrogen and oxygen atoms in total. The number of carbonyl (C=O) groups excluding carboxylic acids is 2. The average Bonchev–Trinajstić information content (AvgIpc) is 2.93. The van der Waals surface area contributed by atoms with E-state index in [9.17, 15) is 9.59 Å². The van der Waals surface area contributed by atoms with E-state index in [0.717, 1.165) is 11.3 Å². The molecule has 0 saturated carbocycles. The monoisotopic (exact) mass is 399 g/mol. The fraction of sp³-hybridized carbons (Fsp3) is 0.364. The Hall–Kier alpha value is -2.53. The van der Waals surface area contributed by atoms with Crippen molar-refractivity contribution in [3.05, 3.63) is 65.2 Å². The summed E-state index contributed by atoms with van der Waals surface area (Å²) in [6.45, 7) is 6.12. The molecule has 28 heavy (non-hydrogen) atoms. The van der Waals surface area contributed by atoms with Gasteiger partial charge in [0, 0.05) is 30.2 Å². The number of benzene rings is 2. The molecule has 1 aliphatic rings. The minimum absolute atomic E-state index is 0.0796. The predicted molar refractivity (Wildman–Crippen MR) is 112 cm³/mol. The first kappa shape index (κ1) is 20.2. The molecule has 1 fully saturated rings. The third-order valence-electron chi connectivity index (χ3n) is 5.10. The topological polar surface area (TPSA) is 43.9 Å². The number of hydrogen-bond donors (Lipinski definition) is 0. The number of carbonyl (C=O) groups is 2. The lowest BCUT2D eigenvalue weighted by Crippen LogP contribution is -2.53. The van der Waals surface area contributed by atoms with E-state index in [2.05, 4.69) is 0 Å². The Kier molecular flexibility index (Phi) is 5.39. The summed E-state index contributed by atoms with van der Waals surface area (Å²) in [7, 11) is 3.49. The molecule has 1 aliphatic heterocycles. The zero-order valence-corrected chi connectivity index (χ0v) is 17.6. The van der Waals surface area contributed by atoms with Gasteiger partial charge in [-0.15, -0.1) is 0 Å². The maximum atomic E-state index is 13.6. The molecule has 0 spiro atoms. The van der Waals surface area contributed by atoms with Crippen LogP contribution in [0.25, 0.3) is 0 Å². The summed E-state index contributed by atoms with van der Waals surface area (Å²) in [5, 5.41) is 0.607. The Bertz CT molecular complexity index is 862. The van der Waals surface area contributed by atoms with Crippen molar-refractivity contribution in [3.63, 3.8) is 0 Å². The smallest absolute Gasteiger partial charge is 0.322 e. The molecule has 2 unspecified atom stereocenters. The number of urea groups is 1. The molecule has 0 aliphatic carbocycles. The molecule has 1 saturated heterocycles. The van der Waals surface area contributed by atoms with Gasteiger partial charge in [0.2, 0.25) is 0 Å². The van der Waals surface area contributed by atoms with Crippen LogP contribution in [0.15, 0.2) is 54.6 Å². The van der Waals surface area contributed by atoms with Gasteiger partial charge in [0.15, 0.2) is 0 Å². The van der Waals surface area contributed by atoms with Crippen LogP contribution in [0.5, 0.6) is 0 Å². The molecule has 3 amide bonds. The van der Waals surface area contributed by atoms with Gasteiger partial charge in [0.25, 0.3) is 5.91 Å². The van der Waals surface area contributed by atoms with Crippen LogP contribution in [-0.4, -0.2) is 42.0 Å². The third-order valence-corrected chi connectivity index (χ3v) is 5.35. The number of likely N-dealkylation sites (N-methyl/N-ethyl adjacent to an activating group) is 1. The summed E-state index contributed by atoms with van der Waals surface area (Å²) in [4.78, 5) is 31.7. The molecule has 0 aromatic heterocycles. The van der Waals surface area contributed by atoms with Crippen molar-refractivity contribution in [1.82, 2.24) is 9.80 Å². The fourth-order valence-corrected chi connectivity index (χ4v) is 3.99. The van der Waals surface area contributed by atoms with Gasteiger partial charge in [-0.05, 0) is 29.8 Å². The van der Waals surface area contributed by atoms with Crippen molar-refractivity contribution < 1.29 is 9.59 Å². The lowest BCUT2D eigenvalue weighted by molar-refractivity contribution is -0.129. The van der Waals surface area contributed by atoms with Crippen molar-refractivity contribution in [2.45, 2.75) is 33.0 Å². The SMILES string of the molecule is CN(C(=O)N1C(c2ccccc2)C(=O)N(C)C1C(C)(C)C)c1ccc(Cl)cc1. The van der Waals surface area contributed by atoms with Gasteiger partial charge in [-0.1, -0.05) is 62.7 Å². The van der Waals surface area contributed by atoms with Crippen LogP contribution in [0.2, 0.25) is 5.02 Å². The Morgan fingerprint density at radius 2 is 1.61 bits per heavy atom. The van der Waals surface area contributed by atoms with E-state index in [0.29, 0.717) is 5.02 Å². The zero-order chi connectivity index (χ0) is 20.6. The molecule has 0 N–H and O–H groups in total. The third kappa shape index (κ3) is 3.59. The van der Waals surface area contributed by atoms with E-state index < -0.39 is 6.04 Å². The first-order valence-corrected chi connectivity index (χ1v) is 9.64. The second-order valence-corrected chi connectivity index (χ2v) is 8.66. The van der Waals surface area contributed by atoms with E-state index >= 15 is 0 Å². The Balaban J connectivity index is 2.06. The van der Waals surface area contributed by atoms with E-state index in [1.165, 1.54) is 0 Å². The maximum Gasteiger partial charge on any atom is 0.326 e. The van der Waals surface area contributed by atoms with Crippen molar-refractivity contribution >= 4 is 29.2 Å². The normalized spacial score (nSPS) is 19.9. The maximum absolute atomic E-state index is 13.6. The Morgan fingerprint density at radius 3 is 2.14 bits per heavy atom. The van der Waals surface area contributed by atoms with E-state index in [-0.39, 0.29) is 23.5 Å². The molecule has 2 aromatic carbocycles. The number of amides is 3. The summed E-state index contributed by atoms with van der Waals surface area (Å²) in [5.74, 6) is -0.0796. The van der Waals surface area contributed by atoms with E-state index in [4.69, 9.17) is 11.6 Å². The van der Waals surface area contributed by atoms with Crippen LogP contribution < -0.4 is 4.90 Å². The second kappa shape index (κ2) is 7.47. The molecule has 2 aromatic rings. The molecule has 0 radical (unpaired) electrons. The molecule has 148 valence electrons.